The summed E-state index contributed by atoms with van der Waals surface area (Å²) in [4.78, 5) is 58.2. The van der Waals surface area contributed by atoms with E-state index in [1.165, 1.54) is 27.0 Å². The summed E-state index contributed by atoms with van der Waals surface area (Å²) < 4.78 is 179. The summed E-state index contributed by atoms with van der Waals surface area (Å²) in [7, 11) is -8.79. The minimum atomic E-state index is -4.19. The van der Waals surface area contributed by atoms with Gasteiger partial charge in [0.1, 0.15) is 56.7 Å². The summed E-state index contributed by atoms with van der Waals surface area (Å²) in [5.74, 6) is -10.3. The van der Waals surface area contributed by atoms with Gasteiger partial charge in [0.15, 0.2) is 5.82 Å². The molecule has 0 aromatic heterocycles. The van der Waals surface area contributed by atoms with E-state index < -0.39 is 173 Å². The molecule has 3 aliphatic heterocycles. The molecule has 34 heteroatoms. The Balaban J connectivity index is 0.000000627. The first kappa shape index (κ1) is 75.5. The number of nitrogens with zero attached hydrogens (tertiary/aromatic N) is 7. The highest BCUT2D eigenvalue weighted by Gasteiger charge is 2.48. The number of nitrogen functional groups attached to an aromatic ring is 1. The number of nitro benzene ring substituents is 1. The Hall–Kier alpha value is -7.49. The molecule has 3 aromatic rings. The van der Waals surface area contributed by atoms with Crippen LogP contribution in [0.3, 0.4) is 0 Å². The third kappa shape index (κ3) is 18.3. The van der Waals surface area contributed by atoms with E-state index in [0.29, 0.717) is 16.4 Å². The van der Waals surface area contributed by atoms with Crippen LogP contribution in [0.5, 0.6) is 0 Å². The number of nitro groups is 1. The lowest BCUT2D eigenvalue weighted by molar-refractivity contribution is -0.387. The maximum Gasteiger partial charge on any atom is 0.414 e. The number of carbonyl (C=O) groups is 3. The summed E-state index contributed by atoms with van der Waals surface area (Å²) in [5.41, 5.74) is -6.12. The van der Waals surface area contributed by atoms with Crippen LogP contribution in [-0.2, 0) is 60.9 Å². The molecule has 478 valence electrons. The number of amides is 3. The van der Waals surface area contributed by atoms with Gasteiger partial charge in [0.05, 0.1) is 44.6 Å². The smallest absolute Gasteiger partial charge is 0.414 e. The number of nitrogens with one attached hydrogen (secondary N) is 3. The van der Waals surface area contributed by atoms with Crippen molar-refractivity contribution in [2.75, 3.05) is 44.1 Å². The molecule has 0 unspecified atom stereocenters. The largest absolute Gasteiger partial charge is 0.444 e. The molecule has 0 aliphatic carbocycles. The molecule has 3 amide bonds. The van der Waals surface area contributed by atoms with E-state index in [9.17, 15) is 76.1 Å². The van der Waals surface area contributed by atoms with Crippen molar-refractivity contribution in [3.8, 4) is 0 Å². The van der Waals surface area contributed by atoms with Crippen LogP contribution in [0.15, 0.2) is 57.4 Å². The number of anilines is 1. The normalized spacial score (nSPS) is 21.2. The highest BCUT2D eigenvalue weighted by atomic mass is 32.2. The van der Waals surface area contributed by atoms with E-state index in [2.05, 4.69) is 30.9 Å². The van der Waals surface area contributed by atoms with E-state index in [-0.39, 0.29) is 33.9 Å². The lowest BCUT2D eigenvalue weighted by Gasteiger charge is -2.36. The molecule has 0 saturated heterocycles. The topological polar surface area (TPSA) is 333 Å². The Morgan fingerprint density at radius 3 is 1.09 bits per heavy atom. The third-order valence-electron chi connectivity index (χ3n) is 11.4. The molecule has 0 fully saturated rings. The fourth-order valence-electron chi connectivity index (χ4n) is 7.90. The second-order valence-electron chi connectivity index (χ2n) is 22.1. The molecule has 0 bridgehead atoms. The highest BCUT2D eigenvalue weighted by Crippen LogP contribution is 2.40. The molecule has 5 N–H and O–H groups in total. The van der Waals surface area contributed by atoms with Crippen LogP contribution in [0, 0.1) is 45.0 Å². The predicted molar refractivity (Wildman–Crippen MR) is 307 cm³/mol. The Morgan fingerprint density at radius 1 is 0.529 bits per heavy atom. The van der Waals surface area contributed by atoms with Crippen LogP contribution in [0.4, 0.5) is 52.1 Å². The number of carbonyl (C=O) groups excluding carboxylic acids is 3. The van der Waals surface area contributed by atoms with E-state index in [4.69, 9.17) is 19.9 Å². The fraction of sp³-hybridized carbons (Fsp3) is 0.529. The number of ether oxygens (including phenoxy) is 3. The summed E-state index contributed by atoms with van der Waals surface area (Å²) in [6.45, 7) is 18.1. The van der Waals surface area contributed by atoms with Crippen molar-refractivity contribution in [1.29, 1.82) is 0 Å². The molecule has 0 radical (unpaired) electrons. The van der Waals surface area contributed by atoms with Gasteiger partial charge in [-0.2, -0.15) is 4.39 Å². The number of halogens is 6. The number of hydrogen-bond donors (Lipinski definition) is 4. The van der Waals surface area contributed by atoms with Gasteiger partial charge in [-0.3, -0.25) is 26.1 Å². The van der Waals surface area contributed by atoms with Crippen molar-refractivity contribution in [2.45, 2.75) is 139 Å². The van der Waals surface area contributed by atoms with Gasteiger partial charge in [-0.15, -0.1) is 0 Å². The number of benzene rings is 3. The monoisotopic (exact) mass is 1280 g/mol. The van der Waals surface area contributed by atoms with Crippen molar-refractivity contribution in [3.05, 3.63) is 104 Å². The SMILES string of the molecule is C.C.C.CN1C(NC(=O)OC(C)(C)C)=N[C@](C)(c2c(F)ccc(N)c2F)CS1(=O)=O.CN1C(NC(=O)OC(C)(C)C)=N[C@](C)(c2c(F)ccc([N+](=O)[O-])c2F)CS1(=O)=O.CN1C(NC(=O)OC(C)(C)C)=N[C@](C)(c2c(F)cccc2F)CS1(=O)=O. The quantitative estimate of drug-likeness (QED) is 0.0626. The summed E-state index contributed by atoms with van der Waals surface area (Å²) in [6, 6.07) is 6.46. The van der Waals surface area contributed by atoms with Crippen LogP contribution in [0.25, 0.3) is 0 Å². The standard InChI is InChI=1S/C16H20F2N4O6S.C16H22F2N4O4S.C16H21F2N3O4S.3CH4/c1-15(2,3)28-14(23)19-13-20-16(4,8-29(26,27)21(13)5)11-9(17)6-7-10(12(11)18)22(24)25;1-15(2,3)26-14(23)20-13-21-16(4,8-27(24,25)22(13)5)11-9(17)6-7-10(19)12(11)18;1-15(2,3)25-14(22)19-13-20-16(4,9-26(23,24)21(13)5)12-10(17)7-6-8-11(12)18;;;/h6-7H,8H2,1-5H3,(H,19,20,23);6-7H,8,19H2,1-5H3,(H,20,21,23);6-8H,9H2,1-5H3,(H,19,20,22);3*1H4/t3*16-;;;/m000.../s1. The van der Waals surface area contributed by atoms with Crippen LogP contribution >= 0.6 is 0 Å². The zero-order valence-corrected chi connectivity index (χ0v) is 49.5. The average molecular weight is 1280 g/mol. The highest BCUT2D eigenvalue weighted by molar-refractivity contribution is 7.90. The van der Waals surface area contributed by atoms with Gasteiger partial charge in [0, 0.05) is 27.2 Å². The van der Waals surface area contributed by atoms with Gasteiger partial charge < -0.3 is 19.9 Å². The zero-order chi connectivity index (χ0) is 63.1. The lowest BCUT2D eigenvalue weighted by Crippen LogP contribution is -2.54. The number of nitrogens with two attached hydrogens (primary N) is 1. The predicted octanol–water partition coefficient (Wildman–Crippen LogP) is 8.41. The number of rotatable bonds is 4. The van der Waals surface area contributed by atoms with Crippen molar-refractivity contribution < 1.29 is 85.1 Å². The van der Waals surface area contributed by atoms with Gasteiger partial charge in [-0.25, -0.2) is 89.5 Å². The number of guanidine groups is 3. The molecule has 3 aromatic carbocycles. The van der Waals surface area contributed by atoms with Crippen molar-refractivity contribution in [1.82, 2.24) is 28.9 Å². The Labute approximate surface area is 491 Å². The number of aliphatic imine (C=N–C) groups is 3. The van der Waals surface area contributed by atoms with Crippen molar-refractivity contribution in [2.24, 2.45) is 15.0 Å². The summed E-state index contributed by atoms with van der Waals surface area (Å²) in [5, 5.41) is 17.6. The van der Waals surface area contributed by atoms with Gasteiger partial charge in [-0.05, 0) is 113 Å². The van der Waals surface area contributed by atoms with Gasteiger partial charge in [0.25, 0.3) is 0 Å². The Bertz CT molecular complexity index is 3480. The third-order valence-corrected chi connectivity index (χ3v) is 17.2. The molecular formula is C51H75F6N11O14S3. The van der Waals surface area contributed by atoms with Crippen LogP contribution < -0.4 is 21.7 Å². The maximum atomic E-state index is 14.7. The van der Waals surface area contributed by atoms with Crippen LogP contribution in [-0.4, -0.2) is 134 Å². The van der Waals surface area contributed by atoms with E-state index in [1.54, 1.807) is 62.3 Å². The maximum absolute atomic E-state index is 14.7. The first-order valence-electron chi connectivity index (χ1n) is 24.0. The van der Waals surface area contributed by atoms with Gasteiger partial charge >= 0.3 is 24.0 Å². The zero-order valence-electron chi connectivity index (χ0n) is 47.1. The Kier molecular flexibility index (Phi) is 23.5. The molecule has 6 rings (SSSR count). The van der Waals surface area contributed by atoms with E-state index in [1.807, 2.05) is 0 Å². The molecule has 3 atom stereocenters. The molecule has 3 aliphatic rings. The van der Waals surface area contributed by atoms with E-state index >= 15 is 0 Å². The second-order valence-corrected chi connectivity index (χ2v) is 28.1. The fourth-order valence-corrected chi connectivity index (χ4v) is 12.3. The number of alkyl carbamates (subject to hydrolysis) is 3. The Morgan fingerprint density at radius 2 is 0.800 bits per heavy atom. The molecule has 85 heavy (non-hydrogen) atoms. The van der Waals surface area contributed by atoms with E-state index in [0.717, 1.165) is 53.9 Å². The molecular weight excluding hydrogens is 1200 g/mol. The second kappa shape index (κ2) is 26.4. The van der Waals surface area contributed by atoms with Gasteiger partial charge in [-0.1, -0.05) is 28.3 Å². The minimum absolute atomic E-state index is 0. The first-order chi connectivity index (χ1) is 37.0. The van der Waals surface area contributed by atoms with Crippen LogP contribution in [0.2, 0.25) is 0 Å². The van der Waals surface area contributed by atoms with Gasteiger partial charge in [0.2, 0.25) is 53.8 Å². The number of sulfonamides is 3. The summed E-state index contributed by atoms with van der Waals surface area (Å²) in [6.07, 6.45) is -2.93. The van der Waals surface area contributed by atoms with Crippen molar-refractivity contribution >= 4 is 77.6 Å². The molecule has 0 spiro atoms. The lowest BCUT2D eigenvalue weighted by atomic mass is 9.93. The molecule has 3 heterocycles. The molecule has 0 saturated carbocycles. The summed E-state index contributed by atoms with van der Waals surface area (Å²) >= 11 is 0. The van der Waals surface area contributed by atoms with Crippen molar-refractivity contribution in [3.63, 3.8) is 0 Å². The molecule has 25 nitrogen and oxygen atoms in total. The number of hydrogen-bond acceptors (Lipinski definition) is 18. The van der Waals surface area contributed by atoms with Crippen LogP contribution in [0.1, 0.15) is 122 Å². The average Bonchev–Trinajstić information content (AvgIpc) is 3.48. The first-order valence-corrected chi connectivity index (χ1v) is 28.8. The minimum Gasteiger partial charge on any atom is -0.444 e.